The predicted molar refractivity (Wildman–Crippen MR) is 125 cm³/mol. The molecule has 2 heterocycles. The Hall–Kier alpha value is -4.71. The normalized spacial score (nSPS) is 10.6. The zero-order chi connectivity index (χ0) is 28.3. The largest absolute Gasteiger partial charge is 0.673 e. The zero-order valence-corrected chi connectivity index (χ0v) is 19.2. The number of aromatic nitrogens is 2. The Bertz CT molecular complexity index is 1270. The summed E-state index contributed by atoms with van der Waals surface area (Å²) in [6.07, 6.45) is 8.05. The maximum Gasteiger partial charge on any atom is 0.673 e. The van der Waals surface area contributed by atoms with E-state index in [1.807, 2.05) is 82.5 Å². The van der Waals surface area contributed by atoms with Gasteiger partial charge in [0.05, 0.1) is 23.3 Å². The maximum absolute atomic E-state index is 9.75. The van der Waals surface area contributed by atoms with Crippen LogP contribution in [0.3, 0.4) is 0 Å². The lowest BCUT2D eigenvalue weighted by Gasteiger charge is -2.01. The van der Waals surface area contributed by atoms with Crippen LogP contribution in [-0.2, 0) is 0 Å². The van der Waals surface area contributed by atoms with Crippen molar-refractivity contribution in [1.82, 2.24) is 0 Å². The SMILES string of the molecule is F[B-](F)(F)F.F[B-](F)(F)F.N#Cc1ccc(-[n+]2ccc(-c3cc[n+](-c4ccc(C#N)cc4)cc3)cc2)cc1. The van der Waals surface area contributed by atoms with E-state index in [9.17, 15) is 34.5 Å². The first kappa shape index (κ1) is 29.5. The molecule has 4 rings (SSSR count). The van der Waals surface area contributed by atoms with Crippen LogP contribution < -0.4 is 9.13 Å². The topological polar surface area (TPSA) is 55.3 Å². The Kier molecular flexibility index (Phi) is 10.1. The molecule has 14 heteroatoms. The lowest BCUT2D eigenvalue weighted by molar-refractivity contribution is -0.596. The van der Waals surface area contributed by atoms with Crippen LogP contribution in [0.1, 0.15) is 11.1 Å². The molecule has 0 aliphatic rings. The van der Waals surface area contributed by atoms with Crippen molar-refractivity contribution >= 4 is 14.5 Å². The molecule has 0 bridgehead atoms. The fraction of sp³-hybridized carbons (Fsp3) is 0. The van der Waals surface area contributed by atoms with E-state index in [4.69, 9.17) is 10.5 Å². The van der Waals surface area contributed by atoms with Crippen LogP contribution in [0.15, 0.2) is 97.6 Å². The Morgan fingerprint density at radius 2 is 0.684 bits per heavy atom. The molecule has 0 fully saturated rings. The van der Waals surface area contributed by atoms with Crippen molar-refractivity contribution < 1.29 is 43.7 Å². The highest BCUT2D eigenvalue weighted by molar-refractivity contribution is 6.50. The highest BCUT2D eigenvalue weighted by atomic mass is 19.5. The minimum Gasteiger partial charge on any atom is -0.418 e. The van der Waals surface area contributed by atoms with Gasteiger partial charge in [0, 0.05) is 48.5 Å². The first-order valence-electron chi connectivity index (χ1n) is 10.6. The van der Waals surface area contributed by atoms with Crippen LogP contribution in [0, 0.1) is 22.7 Å². The number of rotatable bonds is 3. The Labute approximate surface area is 212 Å². The van der Waals surface area contributed by atoms with Crippen molar-refractivity contribution in [3.05, 3.63) is 109 Å². The number of hydrogen-bond acceptors (Lipinski definition) is 2. The van der Waals surface area contributed by atoms with Crippen LogP contribution in [0.5, 0.6) is 0 Å². The Balaban J connectivity index is 0.000000435. The molecule has 0 amide bonds. The predicted octanol–water partition coefficient (Wildman–Crippen LogP) is 6.25. The van der Waals surface area contributed by atoms with Crippen LogP contribution in [0.4, 0.5) is 34.5 Å². The summed E-state index contributed by atoms with van der Waals surface area (Å²) in [6.45, 7) is 0. The van der Waals surface area contributed by atoms with Gasteiger partial charge in [0.1, 0.15) is 0 Å². The van der Waals surface area contributed by atoms with E-state index in [2.05, 4.69) is 36.4 Å². The number of pyridine rings is 2. The van der Waals surface area contributed by atoms with Crippen molar-refractivity contribution in [3.8, 4) is 34.6 Å². The molecule has 0 aliphatic carbocycles. The molecule has 0 spiro atoms. The van der Waals surface area contributed by atoms with Gasteiger partial charge in [-0.1, -0.05) is 0 Å². The molecule has 2 aromatic carbocycles. The van der Waals surface area contributed by atoms with Gasteiger partial charge in [0.15, 0.2) is 24.8 Å². The van der Waals surface area contributed by atoms with Crippen molar-refractivity contribution in [3.63, 3.8) is 0 Å². The molecular formula is C24H16B2F8N4. The van der Waals surface area contributed by atoms with Crippen LogP contribution in [0.25, 0.3) is 22.5 Å². The molecule has 38 heavy (non-hydrogen) atoms. The maximum atomic E-state index is 9.75. The second-order valence-corrected chi connectivity index (χ2v) is 7.30. The van der Waals surface area contributed by atoms with E-state index >= 15 is 0 Å². The molecule has 0 saturated heterocycles. The summed E-state index contributed by atoms with van der Waals surface area (Å²) in [5.41, 5.74) is 5.57. The van der Waals surface area contributed by atoms with Gasteiger partial charge in [-0.25, -0.2) is 0 Å². The standard InChI is InChI=1S/C24H16N4.2BF4/c25-17-19-1-5-23(6-2-19)27-13-9-21(10-14-27)22-11-15-28(16-12-22)24-7-3-20(18-26)4-8-24;2*2-1(3,4)5/h1-16H;;/q+2;2*-1. The van der Waals surface area contributed by atoms with Crippen LogP contribution in [-0.4, -0.2) is 14.5 Å². The summed E-state index contributed by atoms with van der Waals surface area (Å²) in [4.78, 5) is 0. The number of benzene rings is 2. The van der Waals surface area contributed by atoms with E-state index < -0.39 is 14.5 Å². The molecule has 2 aromatic heterocycles. The molecule has 0 saturated carbocycles. The highest BCUT2D eigenvalue weighted by Crippen LogP contribution is 2.17. The summed E-state index contributed by atoms with van der Waals surface area (Å²) in [7, 11) is -12.0. The van der Waals surface area contributed by atoms with E-state index in [0.717, 1.165) is 22.5 Å². The van der Waals surface area contributed by atoms with Gasteiger partial charge in [-0.05, 0) is 35.4 Å². The third kappa shape index (κ3) is 10.9. The van der Waals surface area contributed by atoms with Crippen molar-refractivity contribution in [2.45, 2.75) is 0 Å². The first-order valence-corrected chi connectivity index (χ1v) is 10.6. The van der Waals surface area contributed by atoms with Crippen LogP contribution in [0.2, 0.25) is 0 Å². The molecule has 0 aliphatic heterocycles. The molecule has 0 unspecified atom stereocenters. The first-order chi connectivity index (χ1) is 17.8. The quantitative estimate of drug-likeness (QED) is 0.177. The molecule has 4 nitrogen and oxygen atoms in total. The van der Waals surface area contributed by atoms with Gasteiger partial charge in [0.2, 0.25) is 11.4 Å². The van der Waals surface area contributed by atoms with E-state index in [1.54, 1.807) is 0 Å². The minimum absolute atomic E-state index is 0.654. The lowest BCUT2D eigenvalue weighted by atomic mass is 10.1. The highest BCUT2D eigenvalue weighted by Gasteiger charge is 2.21. The number of halogens is 8. The van der Waals surface area contributed by atoms with E-state index in [1.165, 1.54) is 0 Å². The molecule has 0 radical (unpaired) electrons. The molecular weight excluding hydrogens is 518 g/mol. The van der Waals surface area contributed by atoms with E-state index in [-0.39, 0.29) is 0 Å². The fourth-order valence-corrected chi connectivity index (χ4v) is 3.00. The number of hydrogen-bond donors (Lipinski definition) is 0. The summed E-state index contributed by atoms with van der Waals surface area (Å²) < 4.78 is 82.0. The zero-order valence-electron chi connectivity index (χ0n) is 19.2. The molecule has 4 aromatic rings. The fourth-order valence-electron chi connectivity index (χ4n) is 3.00. The van der Waals surface area contributed by atoms with Gasteiger partial charge >= 0.3 is 14.5 Å². The van der Waals surface area contributed by atoms with Crippen molar-refractivity contribution in [2.75, 3.05) is 0 Å². The Morgan fingerprint density at radius 3 is 0.895 bits per heavy atom. The van der Waals surface area contributed by atoms with E-state index in [0.29, 0.717) is 11.1 Å². The Morgan fingerprint density at radius 1 is 0.447 bits per heavy atom. The molecule has 194 valence electrons. The smallest absolute Gasteiger partial charge is 0.418 e. The molecule has 0 atom stereocenters. The third-order valence-electron chi connectivity index (χ3n) is 4.58. The average molecular weight is 534 g/mol. The third-order valence-corrected chi connectivity index (χ3v) is 4.58. The number of nitriles is 2. The van der Waals surface area contributed by atoms with Gasteiger partial charge < -0.3 is 34.5 Å². The van der Waals surface area contributed by atoms with Gasteiger partial charge in [-0.2, -0.15) is 19.7 Å². The van der Waals surface area contributed by atoms with Gasteiger partial charge in [-0.15, -0.1) is 0 Å². The lowest BCUT2D eigenvalue weighted by Crippen LogP contribution is -2.29. The summed E-state index contributed by atoms with van der Waals surface area (Å²) in [5, 5.41) is 17.8. The second kappa shape index (κ2) is 13.0. The van der Waals surface area contributed by atoms with Gasteiger partial charge in [0.25, 0.3) is 0 Å². The minimum atomic E-state index is -6.00. The summed E-state index contributed by atoms with van der Waals surface area (Å²) in [5.74, 6) is 0. The molecule has 0 N–H and O–H groups in total. The van der Waals surface area contributed by atoms with Gasteiger partial charge in [-0.3, -0.25) is 0 Å². The summed E-state index contributed by atoms with van der Waals surface area (Å²) in [6, 6.07) is 27.5. The number of nitrogens with zero attached hydrogens (tertiary/aromatic N) is 4. The monoisotopic (exact) mass is 534 g/mol. The van der Waals surface area contributed by atoms with Crippen molar-refractivity contribution in [1.29, 1.82) is 10.5 Å². The summed E-state index contributed by atoms with van der Waals surface area (Å²) >= 11 is 0. The van der Waals surface area contributed by atoms with Crippen molar-refractivity contribution in [2.24, 2.45) is 0 Å². The second-order valence-electron chi connectivity index (χ2n) is 7.30. The van der Waals surface area contributed by atoms with Crippen LogP contribution >= 0.6 is 0 Å². The average Bonchev–Trinajstić information content (AvgIpc) is 2.87.